The van der Waals surface area contributed by atoms with Crippen molar-refractivity contribution in [2.24, 2.45) is 11.8 Å². The Morgan fingerprint density at radius 2 is 2.05 bits per heavy atom. The second kappa shape index (κ2) is 6.50. The molecular weight excluding hydrogens is 294 g/mol. The highest BCUT2D eigenvalue weighted by Gasteiger charge is 2.27. The van der Waals surface area contributed by atoms with Crippen molar-refractivity contribution in [1.29, 1.82) is 0 Å². The number of hydrogen-bond donors (Lipinski definition) is 1. The summed E-state index contributed by atoms with van der Waals surface area (Å²) in [6.45, 7) is 8.26. The SMILES string of the molecule is Cc1nc(N2CCC([C@@H](O)CC(C)C)CC2)c2ccsc2n1. The maximum absolute atomic E-state index is 10.3. The number of piperidine rings is 1. The van der Waals surface area contributed by atoms with Crippen LogP contribution in [0, 0.1) is 18.8 Å². The van der Waals surface area contributed by atoms with Gasteiger partial charge in [0.15, 0.2) is 0 Å². The third-order valence-corrected chi connectivity index (χ3v) is 5.32. The summed E-state index contributed by atoms with van der Waals surface area (Å²) in [5, 5.41) is 13.6. The van der Waals surface area contributed by atoms with Crippen molar-refractivity contribution < 1.29 is 5.11 Å². The van der Waals surface area contributed by atoms with E-state index in [1.165, 1.54) is 0 Å². The minimum Gasteiger partial charge on any atom is -0.393 e. The van der Waals surface area contributed by atoms with Crippen molar-refractivity contribution in [2.75, 3.05) is 18.0 Å². The molecule has 0 aromatic carbocycles. The molecule has 0 unspecified atom stereocenters. The number of aliphatic hydroxyl groups excluding tert-OH is 1. The molecule has 22 heavy (non-hydrogen) atoms. The van der Waals surface area contributed by atoms with Crippen LogP contribution in [-0.4, -0.2) is 34.3 Å². The third kappa shape index (κ3) is 3.25. The van der Waals surface area contributed by atoms with Gasteiger partial charge in [0.2, 0.25) is 0 Å². The summed E-state index contributed by atoms with van der Waals surface area (Å²) < 4.78 is 0. The van der Waals surface area contributed by atoms with E-state index in [1.54, 1.807) is 11.3 Å². The maximum Gasteiger partial charge on any atom is 0.141 e. The van der Waals surface area contributed by atoms with Gasteiger partial charge in [-0.2, -0.15) is 0 Å². The van der Waals surface area contributed by atoms with Crippen LogP contribution in [0.3, 0.4) is 0 Å². The first kappa shape index (κ1) is 15.7. The highest BCUT2D eigenvalue weighted by atomic mass is 32.1. The van der Waals surface area contributed by atoms with Crippen LogP contribution in [0.4, 0.5) is 5.82 Å². The standard InChI is InChI=1S/C17H25N3OS/c1-11(2)10-15(21)13-4-7-20(8-5-13)16-14-6-9-22-17(14)19-12(3)18-16/h6,9,11,13,15,21H,4-5,7-8,10H2,1-3H3/t15-/m0/s1. The van der Waals surface area contributed by atoms with Crippen LogP contribution >= 0.6 is 11.3 Å². The number of fused-ring (bicyclic) bond motifs is 1. The van der Waals surface area contributed by atoms with Crippen LogP contribution in [0.15, 0.2) is 11.4 Å². The number of anilines is 1. The van der Waals surface area contributed by atoms with Gasteiger partial charge in [-0.15, -0.1) is 11.3 Å². The average Bonchev–Trinajstić information content (AvgIpc) is 2.94. The lowest BCUT2D eigenvalue weighted by molar-refractivity contribution is 0.0734. The summed E-state index contributed by atoms with van der Waals surface area (Å²) >= 11 is 1.67. The van der Waals surface area contributed by atoms with Crippen molar-refractivity contribution in [1.82, 2.24) is 9.97 Å². The van der Waals surface area contributed by atoms with Gasteiger partial charge in [-0.05, 0) is 49.5 Å². The number of aromatic nitrogens is 2. The largest absolute Gasteiger partial charge is 0.393 e. The summed E-state index contributed by atoms with van der Waals surface area (Å²) in [5.74, 6) is 2.90. The van der Waals surface area contributed by atoms with E-state index in [0.717, 1.165) is 54.2 Å². The Bertz CT molecular complexity index is 632. The predicted molar refractivity (Wildman–Crippen MR) is 92.6 cm³/mol. The van der Waals surface area contributed by atoms with Gasteiger partial charge in [0, 0.05) is 13.1 Å². The Hall–Kier alpha value is -1.20. The number of hydrogen-bond acceptors (Lipinski definition) is 5. The Morgan fingerprint density at radius 1 is 1.32 bits per heavy atom. The smallest absolute Gasteiger partial charge is 0.141 e. The van der Waals surface area contributed by atoms with Gasteiger partial charge in [0.05, 0.1) is 11.5 Å². The minimum atomic E-state index is -0.157. The first-order valence-corrected chi connectivity index (χ1v) is 9.07. The average molecular weight is 319 g/mol. The highest BCUT2D eigenvalue weighted by molar-refractivity contribution is 7.16. The van der Waals surface area contributed by atoms with Crippen molar-refractivity contribution in [3.05, 3.63) is 17.3 Å². The molecule has 0 spiro atoms. The second-order valence-corrected chi connectivity index (χ2v) is 7.65. The van der Waals surface area contributed by atoms with Crippen molar-refractivity contribution in [3.8, 4) is 0 Å². The van der Waals surface area contributed by atoms with E-state index < -0.39 is 0 Å². The van der Waals surface area contributed by atoms with E-state index in [4.69, 9.17) is 0 Å². The van der Waals surface area contributed by atoms with Crippen molar-refractivity contribution >= 4 is 27.4 Å². The first-order chi connectivity index (χ1) is 10.5. The van der Waals surface area contributed by atoms with Gasteiger partial charge in [0.1, 0.15) is 16.5 Å². The van der Waals surface area contributed by atoms with Gasteiger partial charge in [-0.1, -0.05) is 13.8 Å². The molecule has 4 nitrogen and oxygen atoms in total. The van der Waals surface area contributed by atoms with Crippen LogP contribution in [0.1, 0.15) is 38.9 Å². The predicted octanol–water partition coefficient (Wildman–Crippen LogP) is 3.62. The molecule has 0 saturated carbocycles. The van der Waals surface area contributed by atoms with Crippen LogP contribution in [0.5, 0.6) is 0 Å². The number of aliphatic hydroxyl groups is 1. The number of nitrogens with zero attached hydrogens (tertiary/aromatic N) is 3. The minimum absolute atomic E-state index is 0.157. The van der Waals surface area contributed by atoms with E-state index in [-0.39, 0.29) is 6.10 Å². The zero-order chi connectivity index (χ0) is 15.7. The fourth-order valence-corrected chi connectivity index (χ4v) is 4.16. The quantitative estimate of drug-likeness (QED) is 0.935. The number of rotatable bonds is 4. The fraction of sp³-hybridized carbons (Fsp3) is 0.647. The zero-order valence-corrected chi connectivity index (χ0v) is 14.4. The van der Waals surface area contributed by atoms with Crippen LogP contribution < -0.4 is 4.90 Å². The summed E-state index contributed by atoms with van der Waals surface area (Å²) in [6, 6.07) is 2.12. The molecule has 0 radical (unpaired) electrons. The van der Waals surface area contributed by atoms with Gasteiger partial charge in [-0.3, -0.25) is 0 Å². The van der Waals surface area contributed by atoms with Gasteiger partial charge in [0.25, 0.3) is 0 Å². The molecule has 1 atom stereocenters. The number of thiophene rings is 1. The number of aryl methyl sites for hydroxylation is 1. The Labute approximate surface area is 136 Å². The van der Waals surface area contributed by atoms with Gasteiger partial charge < -0.3 is 10.0 Å². The lowest BCUT2D eigenvalue weighted by Crippen LogP contribution is -2.38. The fourth-order valence-electron chi connectivity index (χ4n) is 3.36. The molecule has 1 saturated heterocycles. The summed E-state index contributed by atoms with van der Waals surface area (Å²) in [4.78, 5) is 12.6. The molecule has 3 heterocycles. The lowest BCUT2D eigenvalue weighted by Gasteiger charge is -2.35. The van der Waals surface area contributed by atoms with Gasteiger partial charge >= 0.3 is 0 Å². The van der Waals surface area contributed by atoms with E-state index in [1.807, 2.05) is 6.92 Å². The van der Waals surface area contributed by atoms with Crippen molar-refractivity contribution in [3.63, 3.8) is 0 Å². The molecule has 120 valence electrons. The molecule has 1 N–H and O–H groups in total. The molecule has 3 rings (SSSR count). The highest BCUT2D eigenvalue weighted by Crippen LogP contribution is 2.32. The van der Waals surface area contributed by atoms with E-state index >= 15 is 0 Å². The Kier molecular flexibility index (Phi) is 4.64. The van der Waals surface area contributed by atoms with Crippen LogP contribution in [0.25, 0.3) is 10.2 Å². The summed E-state index contributed by atoms with van der Waals surface area (Å²) in [6.07, 6.45) is 2.84. The summed E-state index contributed by atoms with van der Waals surface area (Å²) in [7, 11) is 0. The maximum atomic E-state index is 10.3. The van der Waals surface area contributed by atoms with E-state index in [9.17, 15) is 5.11 Å². The second-order valence-electron chi connectivity index (χ2n) is 6.76. The summed E-state index contributed by atoms with van der Waals surface area (Å²) in [5.41, 5.74) is 0. The third-order valence-electron chi connectivity index (χ3n) is 4.51. The molecular formula is C17H25N3OS. The van der Waals surface area contributed by atoms with Crippen molar-refractivity contribution in [2.45, 2.75) is 46.1 Å². The normalized spacial score (nSPS) is 18.3. The van der Waals surface area contributed by atoms with Gasteiger partial charge in [-0.25, -0.2) is 9.97 Å². The molecule has 0 bridgehead atoms. The molecule has 2 aromatic rings. The van der Waals surface area contributed by atoms with E-state index in [0.29, 0.717) is 11.8 Å². The molecule has 1 aliphatic heterocycles. The zero-order valence-electron chi connectivity index (χ0n) is 13.6. The first-order valence-electron chi connectivity index (χ1n) is 8.19. The molecule has 0 aliphatic carbocycles. The molecule has 1 aliphatic rings. The van der Waals surface area contributed by atoms with E-state index in [2.05, 4.69) is 40.2 Å². The monoisotopic (exact) mass is 319 g/mol. The van der Waals surface area contributed by atoms with Crippen LogP contribution in [-0.2, 0) is 0 Å². The molecule has 1 fully saturated rings. The Balaban J connectivity index is 1.72. The lowest BCUT2D eigenvalue weighted by atomic mass is 9.87. The molecule has 5 heteroatoms. The van der Waals surface area contributed by atoms with Crippen LogP contribution in [0.2, 0.25) is 0 Å². The topological polar surface area (TPSA) is 49.2 Å². The molecule has 2 aromatic heterocycles. The Morgan fingerprint density at radius 3 is 2.73 bits per heavy atom. The molecule has 0 amide bonds.